The molecular weight excluding hydrogens is 262 g/mol. The number of hydrogen-bond donors (Lipinski definition) is 1. The zero-order valence-electron chi connectivity index (χ0n) is 13.1. The highest BCUT2D eigenvalue weighted by Gasteiger charge is 2.12. The van der Waals surface area contributed by atoms with Crippen molar-refractivity contribution in [2.24, 2.45) is 5.92 Å². The third-order valence-electron chi connectivity index (χ3n) is 1.72. The van der Waals surface area contributed by atoms with Crippen LogP contribution in [0.25, 0.3) is 0 Å². The lowest BCUT2D eigenvalue weighted by Crippen LogP contribution is -2.16. The summed E-state index contributed by atoms with van der Waals surface area (Å²) in [7, 11) is 2.82. The molecule has 1 aliphatic carbocycles. The Morgan fingerprint density at radius 3 is 1.90 bits per heavy atom. The number of ketones is 1. The molecule has 2 rings (SSSR count). The summed E-state index contributed by atoms with van der Waals surface area (Å²) >= 11 is 0. The quantitative estimate of drug-likeness (QED) is 0.787. The molecule has 7 heteroatoms. The minimum atomic E-state index is -0.407. The first kappa shape index (κ1) is 20.4. The van der Waals surface area contributed by atoms with Crippen molar-refractivity contribution in [1.82, 2.24) is 15.5 Å². The van der Waals surface area contributed by atoms with Gasteiger partial charge >= 0.3 is 6.09 Å². The van der Waals surface area contributed by atoms with Crippen LogP contribution in [0.5, 0.6) is 0 Å². The number of rotatable bonds is 0. The Morgan fingerprint density at radius 2 is 1.85 bits per heavy atom. The second kappa shape index (κ2) is 13.5. The fraction of sp³-hybridized carbons (Fsp3) is 0.692. The monoisotopic (exact) mass is 287 g/mol. The molecule has 1 aromatic heterocycles. The third-order valence-corrected chi connectivity index (χ3v) is 1.72. The zero-order valence-corrected chi connectivity index (χ0v) is 13.1. The summed E-state index contributed by atoms with van der Waals surface area (Å²) in [5.74, 6) is 1.86. The normalized spacial score (nSPS) is 11.3. The second-order valence-electron chi connectivity index (χ2n) is 4.29. The van der Waals surface area contributed by atoms with Gasteiger partial charge in [0.25, 0.3) is 0 Å². The van der Waals surface area contributed by atoms with Gasteiger partial charge in [-0.05, 0) is 19.8 Å². The molecule has 0 aliphatic heterocycles. The van der Waals surface area contributed by atoms with E-state index in [9.17, 15) is 9.59 Å². The maximum absolute atomic E-state index is 9.85. The van der Waals surface area contributed by atoms with E-state index >= 15 is 0 Å². The van der Waals surface area contributed by atoms with E-state index in [0.29, 0.717) is 5.89 Å². The van der Waals surface area contributed by atoms with Gasteiger partial charge < -0.3 is 19.3 Å². The van der Waals surface area contributed by atoms with E-state index < -0.39 is 6.09 Å². The predicted octanol–water partition coefficient (Wildman–Crippen LogP) is 2.36. The largest absolute Gasteiger partial charge is 0.453 e. The number of ether oxygens (including phenoxy) is 1. The SMILES string of the molecule is CC(C)=O.CC1CC1.CNC(=O)OC.Cc1nnco1. The number of nitrogens with one attached hydrogen (secondary N) is 1. The number of aryl methyl sites for hydroxylation is 1. The van der Waals surface area contributed by atoms with Crippen LogP contribution in [0.4, 0.5) is 4.79 Å². The highest BCUT2D eigenvalue weighted by atomic mass is 16.5. The van der Waals surface area contributed by atoms with Crippen LogP contribution in [-0.4, -0.2) is 36.2 Å². The smallest absolute Gasteiger partial charge is 0.406 e. The van der Waals surface area contributed by atoms with Gasteiger partial charge in [0.1, 0.15) is 5.78 Å². The number of alkyl carbamates (subject to hydrolysis) is 1. The number of hydrogen-bond acceptors (Lipinski definition) is 6. The van der Waals surface area contributed by atoms with Crippen molar-refractivity contribution in [3.63, 3.8) is 0 Å². The molecule has 1 fully saturated rings. The van der Waals surface area contributed by atoms with Crippen LogP contribution in [-0.2, 0) is 9.53 Å². The number of aromatic nitrogens is 2. The van der Waals surface area contributed by atoms with E-state index in [1.807, 2.05) is 0 Å². The summed E-state index contributed by atoms with van der Waals surface area (Å²) in [4.78, 5) is 19.3. The lowest BCUT2D eigenvalue weighted by atomic mass is 10.5. The molecule has 1 saturated carbocycles. The molecule has 0 spiro atoms. The number of Topliss-reactive ketones (excluding diaryl/α,β-unsaturated/α-hetero) is 1. The molecule has 0 bridgehead atoms. The van der Waals surface area contributed by atoms with Crippen molar-refractivity contribution in [2.45, 2.75) is 40.5 Å². The van der Waals surface area contributed by atoms with Gasteiger partial charge in [-0.25, -0.2) is 4.79 Å². The van der Waals surface area contributed by atoms with Gasteiger partial charge in [0, 0.05) is 14.0 Å². The fourth-order valence-electron chi connectivity index (χ4n) is 0.497. The summed E-state index contributed by atoms with van der Waals surface area (Å²) in [6, 6.07) is 0. The first-order valence-electron chi connectivity index (χ1n) is 6.29. The lowest BCUT2D eigenvalue weighted by Gasteiger charge is -1.90. The molecular formula is C13H25N3O4. The van der Waals surface area contributed by atoms with Crippen LogP contribution in [0.2, 0.25) is 0 Å². The summed E-state index contributed by atoms with van der Waals surface area (Å²) < 4.78 is 8.76. The Kier molecular flexibility index (Phi) is 13.8. The van der Waals surface area contributed by atoms with Crippen molar-refractivity contribution < 1.29 is 18.7 Å². The number of carbonyl (C=O) groups excluding carboxylic acids is 2. The molecule has 1 aliphatic rings. The molecule has 0 saturated heterocycles. The number of amides is 1. The maximum Gasteiger partial charge on any atom is 0.406 e. The molecule has 0 radical (unpaired) electrons. The Hall–Kier alpha value is -1.92. The van der Waals surface area contributed by atoms with Gasteiger partial charge in [0.2, 0.25) is 12.3 Å². The van der Waals surface area contributed by atoms with E-state index in [1.165, 1.54) is 47.2 Å². The Balaban J connectivity index is 0. The average molecular weight is 287 g/mol. The predicted molar refractivity (Wildman–Crippen MR) is 75.3 cm³/mol. The van der Waals surface area contributed by atoms with Gasteiger partial charge in [-0.1, -0.05) is 19.8 Å². The molecule has 7 nitrogen and oxygen atoms in total. The van der Waals surface area contributed by atoms with E-state index in [-0.39, 0.29) is 5.78 Å². The van der Waals surface area contributed by atoms with Gasteiger partial charge in [0.15, 0.2) is 0 Å². The standard InChI is InChI=1S/C4H8.C3H4N2O.C3H7NO2.C3H6O/c1-4-2-3-4;1-3-5-4-2-6-3;1-4-3(5)6-2;1-3(2)4/h4H,2-3H2,1H3;2H,1H3;1-2H3,(H,4,5);1-2H3. The molecule has 1 heterocycles. The van der Waals surface area contributed by atoms with Crippen LogP contribution in [0.3, 0.4) is 0 Å². The summed E-state index contributed by atoms with van der Waals surface area (Å²) in [6.07, 6.45) is 3.87. The van der Waals surface area contributed by atoms with E-state index in [1.54, 1.807) is 6.92 Å². The third kappa shape index (κ3) is 25.1. The van der Waals surface area contributed by atoms with Crippen LogP contribution in [0.1, 0.15) is 39.5 Å². The first-order chi connectivity index (χ1) is 9.33. The van der Waals surface area contributed by atoms with Crippen molar-refractivity contribution in [2.75, 3.05) is 14.2 Å². The topological polar surface area (TPSA) is 94.3 Å². The maximum atomic E-state index is 9.85. The highest BCUT2D eigenvalue weighted by molar-refractivity contribution is 5.72. The molecule has 20 heavy (non-hydrogen) atoms. The number of carbonyl (C=O) groups is 2. The molecule has 116 valence electrons. The minimum Gasteiger partial charge on any atom is -0.453 e. The fourth-order valence-corrected chi connectivity index (χ4v) is 0.497. The van der Waals surface area contributed by atoms with Crippen LogP contribution in [0, 0.1) is 12.8 Å². The Morgan fingerprint density at radius 1 is 1.40 bits per heavy atom. The zero-order chi connectivity index (χ0) is 16.0. The highest BCUT2D eigenvalue weighted by Crippen LogP contribution is 2.26. The van der Waals surface area contributed by atoms with Crippen LogP contribution >= 0.6 is 0 Å². The van der Waals surface area contributed by atoms with Crippen LogP contribution < -0.4 is 5.32 Å². The van der Waals surface area contributed by atoms with Gasteiger partial charge in [-0.2, -0.15) is 0 Å². The van der Waals surface area contributed by atoms with Crippen molar-refractivity contribution in [3.05, 3.63) is 12.3 Å². The van der Waals surface area contributed by atoms with E-state index in [0.717, 1.165) is 5.92 Å². The molecule has 0 unspecified atom stereocenters. The molecule has 0 aromatic carbocycles. The average Bonchev–Trinajstić information content (AvgIpc) is 3.01. The van der Waals surface area contributed by atoms with Gasteiger partial charge in [-0.15, -0.1) is 10.2 Å². The Labute approximate surface area is 120 Å². The first-order valence-corrected chi connectivity index (χ1v) is 6.29. The summed E-state index contributed by atoms with van der Waals surface area (Å²) in [5.41, 5.74) is 0. The van der Waals surface area contributed by atoms with Crippen molar-refractivity contribution in [1.29, 1.82) is 0 Å². The van der Waals surface area contributed by atoms with Crippen molar-refractivity contribution in [3.8, 4) is 0 Å². The van der Waals surface area contributed by atoms with Crippen LogP contribution in [0.15, 0.2) is 10.8 Å². The van der Waals surface area contributed by atoms with Gasteiger partial charge in [0.05, 0.1) is 7.11 Å². The molecule has 1 N–H and O–H groups in total. The minimum absolute atomic E-state index is 0.167. The Bertz CT molecular complexity index is 339. The summed E-state index contributed by atoms with van der Waals surface area (Å²) in [6.45, 7) is 7.08. The number of nitrogens with zero attached hydrogens (tertiary/aromatic N) is 2. The molecule has 0 atom stereocenters. The number of methoxy groups -OCH3 is 1. The van der Waals surface area contributed by atoms with E-state index in [4.69, 9.17) is 0 Å². The van der Waals surface area contributed by atoms with Crippen molar-refractivity contribution >= 4 is 11.9 Å². The second-order valence-corrected chi connectivity index (χ2v) is 4.29. The van der Waals surface area contributed by atoms with Gasteiger partial charge in [-0.3, -0.25) is 0 Å². The lowest BCUT2D eigenvalue weighted by molar-refractivity contribution is -0.114. The van der Waals surface area contributed by atoms with E-state index in [2.05, 4.69) is 31.6 Å². The summed E-state index contributed by atoms with van der Waals surface area (Å²) in [5, 5.41) is 9.16. The molecule has 1 aromatic rings. The molecule has 1 amide bonds.